The molecule has 0 heterocycles. The monoisotopic (exact) mass is 211 g/mol. The molecule has 2 atom stereocenters. The molecule has 0 aromatic carbocycles. The van der Waals surface area contributed by atoms with E-state index in [1.54, 1.807) is 0 Å². The average Bonchev–Trinajstić information content (AvgIpc) is 2.27. The lowest BCUT2D eigenvalue weighted by atomic mass is 10.2. The molecule has 0 aromatic heterocycles. The Balaban J connectivity index is 3.75. The summed E-state index contributed by atoms with van der Waals surface area (Å²) in [6.07, 6.45) is 3.16. The summed E-state index contributed by atoms with van der Waals surface area (Å²) in [7, 11) is 2.13. The molecule has 0 aliphatic carbocycles. The summed E-state index contributed by atoms with van der Waals surface area (Å²) in [5.41, 5.74) is 0. The predicted molar refractivity (Wildman–Crippen MR) is 64.7 cm³/mol. The van der Waals surface area contributed by atoms with Crippen LogP contribution in [-0.2, 0) is 0 Å². The van der Waals surface area contributed by atoms with Gasteiger partial charge in [-0.15, -0.1) is 0 Å². The van der Waals surface area contributed by atoms with Crippen LogP contribution in [-0.4, -0.2) is 37.1 Å². The summed E-state index contributed by atoms with van der Waals surface area (Å²) in [5, 5.41) is 12.2. The van der Waals surface area contributed by atoms with Gasteiger partial charge >= 0.3 is 0 Å². The summed E-state index contributed by atoms with van der Waals surface area (Å²) in [6, 6.07) is 2.93. The lowest BCUT2D eigenvalue weighted by Gasteiger charge is -2.24. The van der Waals surface area contributed by atoms with E-state index >= 15 is 0 Å². The van der Waals surface area contributed by atoms with Crippen LogP contribution in [0.4, 0.5) is 0 Å². The van der Waals surface area contributed by atoms with E-state index in [2.05, 4.69) is 44.1 Å². The zero-order valence-electron chi connectivity index (χ0n) is 10.6. The molecule has 0 rings (SSSR count). The first-order chi connectivity index (χ1) is 7.15. The Morgan fingerprint density at radius 3 is 2.53 bits per heavy atom. The molecule has 0 radical (unpaired) electrons. The van der Waals surface area contributed by atoms with Gasteiger partial charge in [0.1, 0.15) is 0 Å². The molecule has 0 bridgehead atoms. The molecule has 0 aliphatic rings. The molecule has 0 amide bonds. The Morgan fingerprint density at radius 2 is 2.07 bits per heavy atom. The number of hydrogen-bond donors (Lipinski definition) is 1. The summed E-state index contributed by atoms with van der Waals surface area (Å²) in [4.78, 5) is 2.32. The highest BCUT2D eigenvalue weighted by atomic mass is 15.1. The third kappa shape index (κ3) is 6.48. The van der Waals surface area contributed by atoms with Gasteiger partial charge in [-0.2, -0.15) is 5.26 Å². The largest absolute Gasteiger partial charge is 0.304 e. The quantitative estimate of drug-likeness (QED) is 0.667. The smallest absolute Gasteiger partial charge is 0.0965 e. The van der Waals surface area contributed by atoms with Crippen LogP contribution in [0.15, 0.2) is 0 Å². The van der Waals surface area contributed by atoms with Crippen LogP contribution in [0, 0.1) is 11.3 Å². The Kier molecular flexibility index (Phi) is 8.35. The maximum atomic E-state index is 8.93. The zero-order chi connectivity index (χ0) is 11.7. The molecule has 3 nitrogen and oxygen atoms in total. The van der Waals surface area contributed by atoms with Crippen molar-refractivity contribution in [3.63, 3.8) is 0 Å². The van der Waals surface area contributed by atoms with E-state index in [0.717, 1.165) is 32.4 Å². The molecule has 2 unspecified atom stereocenters. The van der Waals surface area contributed by atoms with Gasteiger partial charge in [0.05, 0.1) is 12.1 Å². The van der Waals surface area contributed by atoms with Gasteiger partial charge < -0.3 is 10.2 Å². The van der Waals surface area contributed by atoms with E-state index in [1.165, 1.54) is 0 Å². The molecule has 1 N–H and O–H groups in total. The lowest BCUT2D eigenvalue weighted by molar-refractivity contribution is 0.243. The van der Waals surface area contributed by atoms with Crippen molar-refractivity contribution in [3.8, 4) is 6.07 Å². The molecule has 15 heavy (non-hydrogen) atoms. The lowest BCUT2D eigenvalue weighted by Crippen LogP contribution is -2.35. The fourth-order valence-electron chi connectivity index (χ4n) is 1.40. The van der Waals surface area contributed by atoms with Crippen molar-refractivity contribution >= 4 is 0 Å². The van der Waals surface area contributed by atoms with E-state index < -0.39 is 0 Å². The topological polar surface area (TPSA) is 39.1 Å². The van der Waals surface area contributed by atoms with Gasteiger partial charge in [0.2, 0.25) is 0 Å². The fourth-order valence-corrected chi connectivity index (χ4v) is 1.40. The molecule has 0 aliphatic heterocycles. The molecule has 0 fully saturated rings. The fraction of sp³-hybridized carbons (Fsp3) is 0.917. The van der Waals surface area contributed by atoms with E-state index in [9.17, 15) is 0 Å². The predicted octanol–water partition coefficient (Wildman–Crippen LogP) is 2.00. The van der Waals surface area contributed by atoms with Crippen molar-refractivity contribution in [2.24, 2.45) is 0 Å². The van der Waals surface area contributed by atoms with Crippen LogP contribution < -0.4 is 5.32 Å². The summed E-state index contributed by atoms with van der Waals surface area (Å²) in [6.45, 7) is 8.46. The normalized spacial score (nSPS) is 14.9. The van der Waals surface area contributed by atoms with E-state index in [0.29, 0.717) is 6.04 Å². The molecule has 0 spiro atoms. The molecule has 0 saturated heterocycles. The standard InChI is InChI=1S/C12H25N3/c1-5-8-14-12(10-13)7-9-15(4)11(3)6-2/h11-12,14H,5-9H2,1-4H3. The molecule has 0 saturated carbocycles. The van der Waals surface area contributed by atoms with Crippen molar-refractivity contribution in [1.29, 1.82) is 5.26 Å². The van der Waals surface area contributed by atoms with Crippen molar-refractivity contribution in [2.75, 3.05) is 20.1 Å². The number of nitrogens with zero attached hydrogens (tertiary/aromatic N) is 2. The van der Waals surface area contributed by atoms with Gasteiger partial charge in [-0.25, -0.2) is 0 Å². The summed E-state index contributed by atoms with van der Waals surface area (Å²) in [5.74, 6) is 0. The molecule has 0 aromatic rings. The minimum absolute atomic E-state index is 0.0106. The Labute approximate surface area is 94.5 Å². The number of rotatable bonds is 8. The van der Waals surface area contributed by atoms with Gasteiger partial charge in [-0.1, -0.05) is 13.8 Å². The Morgan fingerprint density at radius 1 is 1.40 bits per heavy atom. The summed E-state index contributed by atoms with van der Waals surface area (Å²) >= 11 is 0. The second kappa shape index (κ2) is 8.70. The van der Waals surface area contributed by atoms with Crippen molar-refractivity contribution in [1.82, 2.24) is 10.2 Å². The molecular formula is C12H25N3. The highest BCUT2D eigenvalue weighted by Crippen LogP contribution is 2.02. The first-order valence-electron chi connectivity index (χ1n) is 5.98. The summed E-state index contributed by atoms with van der Waals surface area (Å²) < 4.78 is 0. The highest BCUT2D eigenvalue weighted by Gasteiger charge is 2.10. The van der Waals surface area contributed by atoms with Crippen LogP contribution in [0.2, 0.25) is 0 Å². The van der Waals surface area contributed by atoms with Crippen molar-refractivity contribution in [3.05, 3.63) is 0 Å². The highest BCUT2D eigenvalue weighted by molar-refractivity contribution is 4.90. The average molecular weight is 211 g/mol. The number of hydrogen-bond acceptors (Lipinski definition) is 3. The van der Waals surface area contributed by atoms with Gasteiger partial charge in [-0.05, 0) is 39.8 Å². The van der Waals surface area contributed by atoms with Crippen molar-refractivity contribution in [2.45, 2.75) is 52.1 Å². The maximum absolute atomic E-state index is 8.93. The van der Waals surface area contributed by atoms with Gasteiger partial charge in [0.15, 0.2) is 0 Å². The Hall–Kier alpha value is -0.590. The van der Waals surface area contributed by atoms with Gasteiger partial charge in [0.25, 0.3) is 0 Å². The minimum Gasteiger partial charge on any atom is -0.304 e. The minimum atomic E-state index is 0.0106. The first-order valence-corrected chi connectivity index (χ1v) is 5.98. The molecular weight excluding hydrogens is 186 g/mol. The van der Waals surface area contributed by atoms with Crippen LogP contribution in [0.25, 0.3) is 0 Å². The van der Waals surface area contributed by atoms with E-state index in [-0.39, 0.29) is 6.04 Å². The second-order valence-electron chi connectivity index (χ2n) is 4.16. The third-order valence-electron chi connectivity index (χ3n) is 2.91. The van der Waals surface area contributed by atoms with Crippen LogP contribution in [0.5, 0.6) is 0 Å². The third-order valence-corrected chi connectivity index (χ3v) is 2.91. The first kappa shape index (κ1) is 14.4. The number of nitriles is 1. The van der Waals surface area contributed by atoms with Crippen LogP contribution in [0.3, 0.4) is 0 Å². The maximum Gasteiger partial charge on any atom is 0.0965 e. The number of nitrogens with one attached hydrogen (secondary N) is 1. The van der Waals surface area contributed by atoms with E-state index in [4.69, 9.17) is 5.26 Å². The van der Waals surface area contributed by atoms with Gasteiger partial charge in [-0.3, -0.25) is 0 Å². The molecule has 3 heteroatoms. The van der Waals surface area contributed by atoms with Crippen molar-refractivity contribution < 1.29 is 0 Å². The molecule has 88 valence electrons. The van der Waals surface area contributed by atoms with Crippen LogP contribution >= 0.6 is 0 Å². The second-order valence-corrected chi connectivity index (χ2v) is 4.16. The van der Waals surface area contributed by atoms with Crippen LogP contribution in [0.1, 0.15) is 40.0 Å². The van der Waals surface area contributed by atoms with Gasteiger partial charge in [0, 0.05) is 12.6 Å². The van der Waals surface area contributed by atoms with E-state index in [1.807, 2.05) is 0 Å². The zero-order valence-corrected chi connectivity index (χ0v) is 10.6. The SMILES string of the molecule is CCCNC(C#N)CCN(C)C(C)CC. The Bertz CT molecular complexity index is 186.